The molecule has 114 valence electrons. The lowest BCUT2D eigenvalue weighted by Gasteiger charge is -2.16. The minimum Gasteiger partial charge on any atom is -0.321 e. The Labute approximate surface area is 132 Å². The number of fused-ring (bicyclic) bond motifs is 1. The molecular weight excluding hydrogens is 300 g/mol. The summed E-state index contributed by atoms with van der Waals surface area (Å²) in [5, 5.41) is 13.4. The van der Waals surface area contributed by atoms with Crippen molar-refractivity contribution in [3.8, 4) is 0 Å². The van der Waals surface area contributed by atoms with E-state index in [0.717, 1.165) is 12.8 Å². The van der Waals surface area contributed by atoms with E-state index in [2.05, 4.69) is 12.2 Å². The van der Waals surface area contributed by atoms with Gasteiger partial charge < -0.3 is 5.32 Å². The second kappa shape index (κ2) is 5.88. The van der Waals surface area contributed by atoms with Crippen LogP contribution in [0.3, 0.4) is 0 Å². The van der Waals surface area contributed by atoms with Crippen LogP contribution >= 0.6 is 11.3 Å². The summed E-state index contributed by atoms with van der Waals surface area (Å²) in [6.45, 7) is 2.23. The van der Waals surface area contributed by atoms with E-state index < -0.39 is 4.92 Å². The summed E-state index contributed by atoms with van der Waals surface area (Å²) in [6, 6.07) is 7.85. The third kappa shape index (κ3) is 3.01. The summed E-state index contributed by atoms with van der Waals surface area (Å²) >= 11 is 1.55. The van der Waals surface area contributed by atoms with Crippen LogP contribution < -0.4 is 5.32 Å². The van der Waals surface area contributed by atoms with Gasteiger partial charge in [0.05, 0.1) is 9.80 Å². The molecule has 2 aromatic rings. The van der Waals surface area contributed by atoms with Crippen molar-refractivity contribution in [3.05, 3.63) is 55.8 Å². The minimum atomic E-state index is -0.458. The Morgan fingerprint density at radius 1 is 1.36 bits per heavy atom. The number of carbonyl (C=O) groups excluding carboxylic acids is 1. The quantitative estimate of drug-likeness (QED) is 0.686. The molecule has 1 amide bonds. The van der Waals surface area contributed by atoms with Crippen LogP contribution in [0.15, 0.2) is 30.3 Å². The molecule has 6 heteroatoms. The fourth-order valence-corrected chi connectivity index (χ4v) is 3.78. The number of nitrogens with one attached hydrogen (secondary N) is 1. The molecule has 0 bridgehead atoms. The third-order valence-corrected chi connectivity index (χ3v) is 5.12. The SMILES string of the molecule is CC1CCc2sc(C(=O)Nc3ccc([N+](=O)[O-])cc3)cc2C1. The van der Waals surface area contributed by atoms with Crippen LogP contribution in [0, 0.1) is 16.0 Å². The van der Waals surface area contributed by atoms with Gasteiger partial charge in [-0.15, -0.1) is 11.3 Å². The van der Waals surface area contributed by atoms with Gasteiger partial charge >= 0.3 is 0 Å². The molecule has 0 saturated carbocycles. The van der Waals surface area contributed by atoms with Crippen molar-refractivity contribution >= 4 is 28.6 Å². The molecule has 1 atom stereocenters. The lowest BCUT2D eigenvalue weighted by Crippen LogP contribution is -2.10. The molecule has 0 radical (unpaired) electrons. The van der Waals surface area contributed by atoms with Crippen molar-refractivity contribution in [2.75, 3.05) is 5.32 Å². The number of amides is 1. The monoisotopic (exact) mass is 316 g/mol. The van der Waals surface area contributed by atoms with Crippen LogP contribution in [0.2, 0.25) is 0 Å². The molecule has 0 aliphatic heterocycles. The lowest BCUT2D eigenvalue weighted by molar-refractivity contribution is -0.384. The van der Waals surface area contributed by atoms with Crippen molar-refractivity contribution in [1.29, 1.82) is 0 Å². The van der Waals surface area contributed by atoms with E-state index in [4.69, 9.17) is 0 Å². The minimum absolute atomic E-state index is 0.0126. The van der Waals surface area contributed by atoms with Crippen molar-refractivity contribution in [1.82, 2.24) is 0 Å². The highest BCUT2D eigenvalue weighted by molar-refractivity contribution is 7.14. The number of nitro groups is 1. The van der Waals surface area contributed by atoms with Crippen LogP contribution in [0.25, 0.3) is 0 Å². The number of carbonyl (C=O) groups is 1. The average molecular weight is 316 g/mol. The Bertz CT molecular complexity index is 721. The van der Waals surface area contributed by atoms with Gasteiger partial charge in [0.1, 0.15) is 0 Å². The zero-order chi connectivity index (χ0) is 15.7. The molecule has 0 fully saturated rings. The fraction of sp³-hybridized carbons (Fsp3) is 0.312. The third-order valence-electron chi connectivity index (χ3n) is 3.89. The topological polar surface area (TPSA) is 72.2 Å². The van der Waals surface area contributed by atoms with Gasteiger partial charge in [0.2, 0.25) is 0 Å². The van der Waals surface area contributed by atoms with Crippen LogP contribution in [0.1, 0.15) is 33.5 Å². The molecule has 1 aliphatic rings. The van der Waals surface area contributed by atoms with Gasteiger partial charge in [-0.3, -0.25) is 14.9 Å². The Kier molecular flexibility index (Phi) is 3.94. The van der Waals surface area contributed by atoms with E-state index in [1.165, 1.54) is 29.0 Å². The number of thiophene rings is 1. The maximum absolute atomic E-state index is 12.3. The summed E-state index contributed by atoms with van der Waals surface area (Å²) in [5.41, 5.74) is 1.87. The van der Waals surface area contributed by atoms with E-state index >= 15 is 0 Å². The molecule has 22 heavy (non-hydrogen) atoms. The molecule has 1 aromatic heterocycles. The highest BCUT2D eigenvalue weighted by atomic mass is 32.1. The lowest BCUT2D eigenvalue weighted by atomic mass is 9.90. The first-order valence-electron chi connectivity index (χ1n) is 7.20. The Morgan fingerprint density at radius 3 is 2.77 bits per heavy atom. The Hall–Kier alpha value is -2.21. The molecule has 0 spiro atoms. The highest BCUT2D eigenvalue weighted by Crippen LogP contribution is 2.32. The van der Waals surface area contributed by atoms with Crippen LogP contribution in [0.4, 0.5) is 11.4 Å². The molecule has 1 N–H and O–H groups in total. The average Bonchev–Trinajstić information content (AvgIpc) is 2.91. The first-order chi connectivity index (χ1) is 10.5. The summed E-state index contributed by atoms with van der Waals surface area (Å²) in [5.74, 6) is 0.522. The van der Waals surface area contributed by atoms with Gasteiger partial charge in [-0.1, -0.05) is 6.92 Å². The maximum atomic E-state index is 12.3. The summed E-state index contributed by atoms with van der Waals surface area (Å²) in [4.78, 5) is 24.5. The largest absolute Gasteiger partial charge is 0.321 e. The second-order valence-corrected chi connectivity index (χ2v) is 6.80. The molecular formula is C16H16N2O3S. The smallest absolute Gasteiger partial charge is 0.269 e. The number of benzene rings is 1. The standard InChI is InChI=1S/C16H16N2O3S/c1-10-2-7-14-11(8-10)9-15(22-14)16(19)17-12-3-5-13(6-4-12)18(20)21/h3-6,9-10H,2,7-8H2,1H3,(H,17,19). The normalized spacial score (nSPS) is 16.9. The first-order valence-corrected chi connectivity index (χ1v) is 8.02. The van der Waals surface area contributed by atoms with Crippen molar-refractivity contribution < 1.29 is 9.72 Å². The molecule has 1 aromatic carbocycles. The van der Waals surface area contributed by atoms with Crippen LogP contribution in [0.5, 0.6) is 0 Å². The molecule has 1 heterocycles. The van der Waals surface area contributed by atoms with Crippen LogP contribution in [-0.2, 0) is 12.8 Å². The van der Waals surface area contributed by atoms with Crippen molar-refractivity contribution in [2.45, 2.75) is 26.2 Å². The molecule has 1 aliphatic carbocycles. The van der Waals surface area contributed by atoms with Gasteiger partial charge in [0.25, 0.3) is 11.6 Å². The maximum Gasteiger partial charge on any atom is 0.269 e. The van der Waals surface area contributed by atoms with Gasteiger partial charge in [0, 0.05) is 22.7 Å². The van der Waals surface area contributed by atoms with E-state index in [1.54, 1.807) is 23.5 Å². The zero-order valence-electron chi connectivity index (χ0n) is 12.2. The Balaban J connectivity index is 1.73. The zero-order valence-corrected chi connectivity index (χ0v) is 13.0. The van der Waals surface area contributed by atoms with E-state index in [9.17, 15) is 14.9 Å². The number of hydrogen-bond acceptors (Lipinski definition) is 4. The summed E-state index contributed by atoms with van der Waals surface area (Å²) < 4.78 is 0. The van der Waals surface area contributed by atoms with Gasteiger partial charge in [0.15, 0.2) is 0 Å². The fourth-order valence-electron chi connectivity index (χ4n) is 2.68. The summed E-state index contributed by atoms with van der Waals surface area (Å²) in [6.07, 6.45) is 3.26. The number of non-ortho nitro benzene ring substituents is 1. The highest BCUT2D eigenvalue weighted by Gasteiger charge is 2.20. The molecule has 0 saturated heterocycles. The Morgan fingerprint density at radius 2 is 2.09 bits per heavy atom. The second-order valence-electron chi connectivity index (χ2n) is 5.67. The number of nitrogens with zero attached hydrogens (tertiary/aromatic N) is 1. The molecule has 5 nitrogen and oxygen atoms in total. The van der Waals surface area contributed by atoms with E-state index in [1.807, 2.05) is 6.07 Å². The number of nitro benzene ring substituents is 1. The predicted octanol–water partition coefficient (Wildman–Crippen LogP) is 4.03. The first kappa shape index (κ1) is 14.7. The molecule has 3 rings (SSSR count). The van der Waals surface area contributed by atoms with E-state index in [-0.39, 0.29) is 11.6 Å². The number of hydrogen-bond donors (Lipinski definition) is 1. The van der Waals surface area contributed by atoms with Gasteiger partial charge in [-0.05, 0) is 48.9 Å². The predicted molar refractivity (Wildman–Crippen MR) is 86.6 cm³/mol. The van der Waals surface area contributed by atoms with Crippen molar-refractivity contribution in [3.63, 3.8) is 0 Å². The number of rotatable bonds is 3. The summed E-state index contributed by atoms with van der Waals surface area (Å²) in [7, 11) is 0. The van der Waals surface area contributed by atoms with Gasteiger partial charge in [-0.2, -0.15) is 0 Å². The number of anilines is 1. The number of aryl methyl sites for hydroxylation is 1. The van der Waals surface area contributed by atoms with Crippen molar-refractivity contribution in [2.24, 2.45) is 5.92 Å². The van der Waals surface area contributed by atoms with Gasteiger partial charge in [-0.25, -0.2) is 0 Å². The molecule has 1 unspecified atom stereocenters. The van der Waals surface area contributed by atoms with Crippen LogP contribution in [-0.4, -0.2) is 10.8 Å². The van der Waals surface area contributed by atoms with E-state index in [0.29, 0.717) is 16.5 Å².